The second kappa shape index (κ2) is 5.99. The fraction of sp³-hybridized carbons (Fsp3) is 0.667. The molecule has 3 rings (SSSR count). The molecule has 1 saturated heterocycles. The Balaban J connectivity index is 1.56. The van der Waals surface area contributed by atoms with Crippen LogP contribution in [-0.2, 0) is 0 Å². The summed E-state index contributed by atoms with van der Waals surface area (Å²) in [5.74, 6) is 0.993. The molecule has 1 unspecified atom stereocenters. The Morgan fingerprint density at radius 2 is 2.00 bits per heavy atom. The summed E-state index contributed by atoms with van der Waals surface area (Å²) in [6, 6.07) is 6.39. The molecular weight excluding hydrogens is 236 g/mol. The molecule has 0 spiro atoms. The number of nitrogens with zero attached hydrogens (tertiary/aromatic N) is 3. The van der Waals surface area contributed by atoms with Crippen LogP contribution < -0.4 is 5.73 Å². The van der Waals surface area contributed by atoms with Crippen LogP contribution in [0, 0.1) is 5.92 Å². The molecule has 2 fully saturated rings. The number of hydrogen-bond donors (Lipinski definition) is 1. The molecule has 4 heteroatoms. The van der Waals surface area contributed by atoms with E-state index in [-0.39, 0.29) is 6.04 Å². The highest BCUT2D eigenvalue weighted by atomic mass is 15.3. The van der Waals surface area contributed by atoms with Gasteiger partial charge in [0.25, 0.3) is 0 Å². The van der Waals surface area contributed by atoms with Crippen LogP contribution in [0.15, 0.2) is 24.4 Å². The Morgan fingerprint density at radius 1 is 1.21 bits per heavy atom. The van der Waals surface area contributed by atoms with Crippen LogP contribution in [0.25, 0.3) is 0 Å². The average Bonchev–Trinajstić information content (AvgIpc) is 3.27. The molecule has 1 aliphatic carbocycles. The van der Waals surface area contributed by atoms with E-state index < -0.39 is 0 Å². The standard InChI is InChI=1S/C15H24N4/c16-11-15(14-3-1-2-6-17-14)19-9-7-18(8-10-19)12-13-4-5-13/h1-3,6,13,15H,4-5,7-12,16H2. The Bertz CT molecular complexity index is 382. The maximum Gasteiger partial charge on any atom is 0.0645 e. The van der Waals surface area contributed by atoms with Gasteiger partial charge in [-0.1, -0.05) is 6.07 Å². The highest BCUT2D eigenvalue weighted by Gasteiger charge is 2.28. The maximum absolute atomic E-state index is 5.97. The van der Waals surface area contributed by atoms with Gasteiger partial charge in [0, 0.05) is 45.5 Å². The Kier molecular flexibility index (Phi) is 4.11. The summed E-state index contributed by atoms with van der Waals surface area (Å²) < 4.78 is 0. The van der Waals surface area contributed by atoms with Gasteiger partial charge in [0.15, 0.2) is 0 Å². The van der Waals surface area contributed by atoms with Crippen LogP contribution in [0.2, 0.25) is 0 Å². The van der Waals surface area contributed by atoms with Gasteiger partial charge in [-0.2, -0.15) is 0 Å². The number of pyridine rings is 1. The summed E-state index contributed by atoms with van der Waals surface area (Å²) in [5, 5.41) is 0. The second-order valence-electron chi connectivity index (χ2n) is 5.79. The van der Waals surface area contributed by atoms with Gasteiger partial charge < -0.3 is 10.6 Å². The van der Waals surface area contributed by atoms with E-state index in [4.69, 9.17) is 5.73 Å². The first-order valence-electron chi connectivity index (χ1n) is 7.44. The van der Waals surface area contributed by atoms with Crippen molar-refractivity contribution in [3.05, 3.63) is 30.1 Å². The van der Waals surface area contributed by atoms with E-state index in [9.17, 15) is 0 Å². The minimum Gasteiger partial charge on any atom is -0.329 e. The van der Waals surface area contributed by atoms with Crippen molar-refractivity contribution in [1.29, 1.82) is 0 Å². The topological polar surface area (TPSA) is 45.4 Å². The van der Waals surface area contributed by atoms with Gasteiger partial charge in [0.2, 0.25) is 0 Å². The van der Waals surface area contributed by atoms with Gasteiger partial charge >= 0.3 is 0 Å². The number of aromatic nitrogens is 1. The largest absolute Gasteiger partial charge is 0.329 e. The molecule has 1 saturated carbocycles. The first kappa shape index (κ1) is 13.0. The van der Waals surface area contributed by atoms with E-state index in [1.165, 1.54) is 32.5 Å². The van der Waals surface area contributed by atoms with Crippen LogP contribution in [0.1, 0.15) is 24.6 Å². The molecule has 0 aromatic carbocycles. The van der Waals surface area contributed by atoms with Gasteiger partial charge in [-0.3, -0.25) is 9.88 Å². The third-order valence-electron chi connectivity index (χ3n) is 4.31. The molecule has 2 aliphatic rings. The van der Waals surface area contributed by atoms with E-state index >= 15 is 0 Å². The average molecular weight is 260 g/mol. The zero-order valence-electron chi connectivity index (χ0n) is 11.5. The van der Waals surface area contributed by atoms with Gasteiger partial charge in [-0.05, 0) is 30.9 Å². The lowest BCUT2D eigenvalue weighted by molar-refractivity contribution is 0.0940. The van der Waals surface area contributed by atoms with Crippen molar-refractivity contribution in [1.82, 2.24) is 14.8 Å². The number of nitrogens with two attached hydrogens (primary N) is 1. The third-order valence-corrected chi connectivity index (χ3v) is 4.31. The minimum atomic E-state index is 0.282. The summed E-state index contributed by atoms with van der Waals surface area (Å²) >= 11 is 0. The van der Waals surface area contributed by atoms with Crippen LogP contribution >= 0.6 is 0 Å². The van der Waals surface area contributed by atoms with E-state index in [1.54, 1.807) is 0 Å². The van der Waals surface area contributed by atoms with Crippen molar-refractivity contribution in [2.75, 3.05) is 39.3 Å². The van der Waals surface area contributed by atoms with Crippen molar-refractivity contribution in [3.8, 4) is 0 Å². The quantitative estimate of drug-likeness (QED) is 0.861. The molecule has 104 valence electrons. The third kappa shape index (κ3) is 3.32. The molecule has 19 heavy (non-hydrogen) atoms. The highest BCUT2D eigenvalue weighted by molar-refractivity contribution is 5.09. The van der Waals surface area contributed by atoms with Crippen LogP contribution in [0.5, 0.6) is 0 Å². The van der Waals surface area contributed by atoms with Gasteiger partial charge in [-0.15, -0.1) is 0 Å². The molecule has 2 N–H and O–H groups in total. The van der Waals surface area contributed by atoms with Gasteiger partial charge in [-0.25, -0.2) is 0 Å². The van der Waals surface area contributed by atoms with Crippen molar-refractivity contribution >= 4 is 0 Å². The second-order valence-corrected chi connectivity index (χ2v) is 5.79. The molecule has 1 aromatic heterocycles. The maximum atomic E-state index is 5.97. The van der Waals surface area contributed by atoms with Crippen molar-refractivity contribution in [3.63, 3.8) is 0 Å². The Morgan fingerprint density at radius 3 is 2.58 bits per heavy atom. The fourth-order valence-electron chi connectivity index (χ4n) is 2.95. The molecule has 1 aromatic rings. The van der Waals surface area contributed by atoms with Crippen LogP contribution in [-0.4, -0.2) is 54.1 Å². The van der Waals surface area contributed by atoms with Crippen molar-refractivity contribution < 1.29 is 0 Å². The molecule has 0 bridgehead atoms. The summed E-state index contributed by atoms with van der Waals surface area (Å²) in [7, 11) is 0. The normalized spacial score (nSPS) is 23.4. The number of rotatable bonds is 5. The van der Waals surface area contributed by atoms with Crippen LogP contribution in [0.4, 0.5) is 0 Å². The van der Waals surface area contributed by atoms with Crippen molar-refractivity contribution in [2.45, 2.75) is 18.9 Å². The molecule has 4 nitrogen and oxygen atoms in total. The summed E-state index contributed by atoms with van der Waals surface area (Å²) in [5.41, 5.74) is 7.08. The monoisotopic (exact) mass is 260 g/mol. The predicted octanol–water partition coefficient (Wildman–Crippen LogP) is 1.11. The number of piperazine rings is 1. The molecular formula is C15H24N4. The minimum absolute atomic E-state index is 0.282. The predicted molar refractivity (Wildman–Crippen MR) is 76.8 cm³/mol. The fourth-order valence-corrected chi connectivity index (χ4v) is 2.95. The molecule has 2 heterocycles. The Labute approximate surface area is 115 Å². The van der Waals surface area contributed by atoms with Crippen molar-refractivity contribution in [2.24, 2.45) is 11.7 Å². The summed E-state index contributed by atoms with van der Waals surface area (Å²) in [6.45, 7) is 6.56. The zero-order valence-corrected chi connectivity index (χ0v) is 11.5. The first-order valence-corrected chi connectivity index (χ1v) is 7.44. The van der Waals surface area contributed by atoms with E-state index in [1.807, 2.05) is 18.3 Å². The van der Waals surface area contributed by atoms with Gasteiger partial charge in [0.1, 0.15) is 0 Å². The lowest BCUT2D eigenvalue weighted by Gasteiger charge is -2.38. The molecule has 0 radical (unpaired) electrons. The number of hydrogen-bond acceptors (Lipinski definition) is 4. The zero-order chi connectivity index (χ0) is 13.1. The molecule has 1 atom stereocenters. The lowest BCUT2D eigenvalue weighted by Crippen LogP contribution is -2.49. The Hall–Kier alpha value is -0.970. The van der Waals surface area contributed by atoms with Crippen LogP contribution in [0.3, 0.4) is 0 Å². The SMILES string of the molecule is NCC(c1ccccn1)N1CCN(CC2CC2)CC1. The van der Waals surface area contributed by atoms with E-state index in [0.717, 1.165) is 24.7 Å². The summed E-state index contributed by atoms with van der Waals surface area (Å²) in [4.78, 5) is 9.57. The summed E-state index contributed by atoms with van der Waals surface area (Å²) in [6.07, 6.45) is 4.75. The molecule has 1 aliphatic heterocycles. The van der Waals surface area contributed by atoms with E-state index in [0.29, 0.717) is 6.54 Å². The van der Waals surface area contributed by atoms with Gasteiger partial charge in [0.05, 0.1) is 11.7 Å². The molecule has 0 amide bonds. The highest BCUT2D eigenvalue weighted by Crippen LogP contribution is 2.30. The lowest BCUT2D eigenvalue weighted by atomic mass is 10.1. The van der Waals surface area contributed by atoms with E-state index in [2.05, 4.69) is 20.9 Å². The first-order chi connectivity index (χ1) is 9.36. The smallest absolute Gasteiger partial charge is 0.0645 e.